The lowest BCUT2D eigenvalue weighted by Gasteiger charge is -2.07. The van der Waals surface area contributed by atoms with Gasteiger partial charge in [-0.15, -0.1) is 11.3 Å². The molecule has 0 aliphatic rings. The monoisotopic (exact) mass is 275 g/mol. The molecule has 4 aromatic rings. The van der Waals surface area contributed by atoms with Gasteiger partial charge in [-0.3, -0.25) is 0 Å². The molecule has 1 nitrogen and oxygen atoms in total. The Kier molecular flexibility index (Phi) is 2.68. The van der Waals surface area contributed by atoms with Gasteiger partial charge in [0.1, 0.15) is 0 Å². The minimum Gasteiger partial charge on any atom is -0.354 e. The van der Waals surface area contributed by atoms with E-state index >= 15 is 0 Å². The van der Waals surface area contributed by atoms with Gasteiger partial charge in [0.05, 0.1) is 10.4 Å². The Morgan fingerprint density at radius 1 is 0.650 bits per heavy atom. The van der Waals surface area contributed by atoms with Crippen LogP contribution in [0.1, 0.15) is 0 Å². The average molecular weight is 275 g/mol. The Balaban J connectivity index is 1.91. The molecular formula is C18H13NS. The molecule has 1 aromatic heterocycles. The molecular weight excluding hydrogens is 262 g/mol. The lowest BCUT2D eigenvalue weighted by atomic mass is 10.1. The first-order chi connectivity index (χ1) is 9.92. The molecule has 0 radical (unpaired) electrons. The van der Waals surface area contributed by atoms with Crippen molar-refractivity contribution in [2.45, 2.75) is 0 Å². The van der Waals surface area contributed by atoms with Gasteiger partial charge in [0.15, 0.2) is 0 Å². The van der Waals surface area contributed by atoms with E-state index in [1.807, 2.05) is 29.5 Å². The normalized spacial score (nSPS) is 11.0. The van der Waals surface area contributed by atoms with Gasteiger partial charge in [-0.25, -0.2) is 0 Å². The number of benzene rings is 3. The highest BCUT2D eigenvalue weighted by atomic mass is 32.1. The highest BCUT2D eigenvalue weighted by molar-refractivity contribution is 7.26. The molecule has 0 aliphatic heterocycles. The smallest absolute Gasteiger partial charge is 0.0590 e. The van der Waals surface area contributed by atoms with Gasteiger partial charge < -0.3 is 5.32 Å². The minimum atomic E-state index is 1.12. The van der Waals surface area contributed by atoms with Crippen LogP contribution in [0.3, 0.4) is 0 Å². The number of fused-ring (bicyclic) bond motifs is 3. The summed E-state index contributed by atoms with van der Waals surface area (Å²) >= 11 is 1.85. The molecule has 1 heterocycles. The number of thiophene rings is 1. The van der Waals surface area contributed by atoms with Crippen LogP contribution in [0.5, 0.6) is 0 Å². The number of rotatable bonds is 2. The molecule has 0 saturated heterocycles. The lowest BCUT2D eigenvalue weighted by Crippen LogP contribution is -1.89. The Morgan fingerprint density at radius 3 is 2.30 bits per heavy atom. The molecule has 0 unspecified atom stereocenters. The first kappa shape index (κ1) is 11.5. The van der Waals surface area contributed by atoms with E-state index in [0.29, 0.717) is 0 Å². The van der Waals surface area contributed by atoms with E-state index in [1.165, 1.54) is 25.9 Å². The minimum absolute atomic E-state index is 1.12. The fourth-order valence-corrected chi connectivity index (χ4v) is 3.69. The quantitative estimate of drug-likeness (QED) is 0.487. The standard InChI is InChI=1S/C18H13NS/c1-2-7-13(8-3-1)19-16-11-6-10-15-14-9-4-5-12-17(14)20-18(15)16/h1-12,19H. The molecule has 0 saturated carbocycles. The summed E-state index contributed by atoms with van der Waals surface area (Å²) in [5.41, 5.74) is 2.30. The van der Waals surface area contributed by atoms with E-state index in [9.17, 15) is 0 Å². The molecule has 0 amide bonds. The van der Waals surface area contributed by atoms with Crippen molar-refractivity contribution in [1.82, 2.24) is 0 Å². The lowest BCUT2D eigenvalue weighted by molar-refractivity contribution is 1.59. The predicted molar refractivity (Wildman–Crippen MR) is 89.1 cm³/mol. The van der Waals surface area contributed by atoms with E-state index in [2.05, 4.69) is 59.9 Å². The third-order valence-corrected chi connectivity index (χ3v) is 4.68. The van der Waals surface area contributed by atoms with Gasteiger partial charge in [-0.1, -0.05) is 48.5 Å². The van der Waals surface area contributed by atoms with Crippen LogP contribution in [0.4, 0.5) is 11.4 Å². The van der Waals surface area contributed by atoms with E-state index in [4.69, 9.17) is 0 Å². The van der Waals surface area contributed by atoms with Crippen molar-refractivity contribution < 1.29 is 0 Å². The summed E-state index contributed by atoms with van der Waals surface area (Å²) in [4.78, 5) is 0. The van der Waals surface area contributed by atoms with Crippen molar-refractivity contribution in [2.75, 3.05) is 5.32 Å². The van der Waals surface area contributed by atoms with Gasteiger partial charge in [-0.2, -0.15) is 0 Å². The highest BCUT2D eigenvalue weighted by Gasteiger charge is 2.08. The molecule has 0 bridgehead atoms. The van der Waals surface area contributed by atoms with Gasteiger partial charge in [-0.05, 0) is 24.3 Å². The first-order valence-corrected chi connectivity index (χ1v) is 7.46. The number of anilines is 2. The summed E-state index contributed by atoms with van der Waals surface area (Å²) in [6, 6.07) is 25.4. The Morgan fingerprint density at radius 2 is 1.40 bits per heavy atom. The molecule has 0 atom stereocenters. The topological polar surface area (TPSA) is 12.0 Å². The molecule has 2 heteroatoms. The van der Waals surface area contributed by atoms with Crippen molar-refractivity contribution in [3.8, 4) is 0 Å². The summed E-state index contributed by atoms with van der Waals surface area (Å²) in [6.45, 7) is 0. The Labute approximate surface area is 121 Å². The Hall–Kier alpha value is -2.32. The summed E-state index contributed by atoms with van der Waals surface area (Å²) in [5, 5.41) is 6.18. The maximum absolute atomic E-state index is 3.52. The Bertz CT molecular complexity index is 878. The van der Waals surface area contributed by atoms with E-state index in [1.54, 1.807) is 0 Å². The molecule has 3 aromatic carbocycles. The van der Waals surface area contributed by atoms with Crippen LogP contribution in [0.2, 0.25) is 0 Å². The summed E-state index contributed by atoms with van der Waals surface area (Å²) < 4.78 is 2.65. The fraction of sp³-hybridized carbons (Fsp3) is 0. The van der Waals surface area contributed by atoms with Crippen LogP contribution in [-0.2, 0) is 0 Å². The molecule has 20 heavy (non-hydrogen) atoms. The van der Waals surface area contributed by atoms with Gasteiger partial charge in [0.2, 0.25) is 0 Å². The second-order valence-corrected chi connectivity index (χ2v) is 5.82. The van der Waals surface area contributed by atoms with Crippen molar-refractivity contribution in [3.63, 3.8) is 0 Å². The average Bonchev–Trinajstić information content (AvgIpc) is 2.88. The first-order valence-electron chi connectivity index (χ1n) is 6.64. The van der Waals surface area contributed by atoms with Gasteiger partial charge in [0, 0.05) is 21.2 Å². The van der Waals surface area contributed by atoms with Crippen LogP contribution < -0.4 is 5.32 Å². The molecule has 96 valence electrons. The van der Waals surface area contributed by atoms with E-state index in [0.717, 1.165) is 5.69 Å². The van der Waals surface area contributed by atoms with Gasteiger partial charge >= 0.3 is 0 Å². The van der Waals surface area contributed by atoms with Crippen LogP contribution in [-0.4, -0.2) is 0 Å². The fourth-order valence-electron chi connectivity index (χ4n) is 2.52. The second kappa shape index (κ2) is 4.66. The maximum atomic E-state index is 3.52. The number of hydrogen-bond acceptors (Lipinski definition) is 2. The highest BCUT2D eigenvalue weighted by Crippen LogP contribution is 2.38. The summed E-state index contributed by atoms with van der Waals surface area (Å²) in [7, 11) is 0. The predicted octanol–water partition coefficient (Wildman–Crippen LogP) is 5.80. The van der Waals surface area contributed by atoms with Crippen LogP contribution in [0.15, 0.2) is 72.8 Å². The largest absolute Gasteiger partial charge is 0.354 e. The number of hydrogen-bond donors (Lipinski definition) is 1. The van der Waals surface area contributed by atoms with Crippen molar-refractivity contribution in [2.24, 2.45) is 0 Å². The maximum Gasteiger partial charge on any atom is 0.0590 e. The summed E-state index contributed by atoms with van der Waals surface area (Å²) in [6.07, 6.45) is 0. The zero-order chi connectivity index (χ0) is 13.4. The van der Waals surface area contributed by atoms with E-state index < -0.39 is 0 Å². The zero-order valence-corrected chi connectivity index (χ0v) is 11.7. The molecule has 0 spiro atoms. The third kappa shape index (κ3) is 1.86. The van der Waals surface area contributed by atoms with Crippen LogP contribution in [0, 0.1) is 0 Å². The van der Waals surface area contributed by atoms with Crippen molar-refractivity contribution >= 4 is 42.9 Å². The zero-order valence-electron chi connectivity index (χ0n) is 10.8. The molecule has 0 aliphatic carbocycles. The molecule has 1 N–H and O–H groups in total. The summed E-state index contributed by atoms with van der Waals surface area (Å²) in [5.74, 6) is 0. The number of nitrogens with one attached hydrogen (secondary N) is 1. The molecule has 4 rings (SSSR count). The second-order valence-electron chi connectivity index (χ2n) is 4.77. The van der Waals surface area contributed by atoms with E-state index in [-0.39, 0.29) is 0 Å². The van der Waals surface area contributed by atoms with Crippen molar-refractivity contribution in [1.29, 1.82) is 0 Å². The SMILES string of the molecule is c1ccc(Nc2cccc3c2sc2ccccc23)cc1. The molecule has 0 fully saturated rings. The van der Waals surface area contributed by atoms with Crippen LogP contribution in [0.25, 0.3) is 20.2 Å². The van der Waals surface area contributed by atoms with Gasteiger partial charge in [0.25, 0.3) is 0 Å². The van der Waals surface area contributed by atoms with Crippen LogP contribution >= 0.6 is 11.3 Å². The van der Waals surface area contributed by atoms with Crippen molar-refractivity contribution in [3.05, 3.63) is 72.8 Å². The number of para-hydroxylation sites is 1. The third-order valence-electron chi connectivity index (χ3n) is 3.46.